The van der Waals surface area contributed by atoms with Crippen LogP contribution in [0.15, 0.2) is 30.3 Å². The van der Waals surface area contributed by atoms with Crippen LogP contribution < -0.4 is 0 Å². The molecule has 0 aromatic heterocycles. The third kappa shape index (κ3) is 1.82. The lowest BCUT2D eigenvalue weighted by atomic mass is 9.70. The minimum atomic E-state index is -0.869. The molecule has 21 heavy (non-hydrogen) atoms. The Bertz CT molecular complexity index is 581. The second-order valence-electron chi connectivity index (χ2n) is 7.29. The average Bonchev–Trinajstić information content (AvgIpc) is 2.40. The zero-order valence-corrected chi connectivity index (χ0v) is 15.9. The smallest absolute Gasteiger partial charge is 0.145 e. The quantitative estimate of drug-likeness (QED) is 0.753. The van der Waals surface area contributed by atoms with E-state index in [0.29, 0.717) is 0 Å². The number of benzene rings is 1. The second kappa shape index (κ2) is 4.78. The molecule has 1 aromatic rings. The van der Waals surface area contributed by atoms with Gasteiger partial charge in [-0.3, -0.25) is 4.21 Å². The van der Waals surface area contributed by atoms with Gasteiger partial charge in [0.15, 0.2) is 0 Å². The van der Waals surface area contributed by atoms with Crippen molar-refractivity contribution in [3.63, 3.8) is 0 Å². The Morgan fingerprint density at radius 2 is 1.76 bits per heavy atom. The van der Waals surface area contributed by atoms with Gasteiger partial charge in [0, 0.05) is 5.41 Å². The Labute approximate surface area is 139 Å². The molecule has 3 fully saturated rings. The third-order valence-electron chi connectivity index (χ3n) is 4.88. The van der Waals surface area contributed by atoms with Crippen molar-refractivity contribution in [3.8, 4) is 0 Å². The minimum Gasteiger partial charge on any atom is -0.255 e. The maximum Gasteiger partial charge on any atom is 0.145 e. The number of hydrogen-bond donors (Lipinski definition) is 0. The average molecular weight is 341 g/mol. The van der Waals surface area contributed by atoms with Gasteiger partial charge in [0.2, 0.25) is 0 Å². The molecule has 3 heterocycles. The fraction of sp³-hybridized carbons (Fsp3) is 0.647. The molecule has 4 heteroatoms. The highest BCUT2D eigenvalue weighted by atomic mass is 32.3. The Morgan fingerprint density at radius 1 is 1.14 bits per heavy atom. The predicted octanol–water partition coefficient (Wildman–Crippen LogP) is 5.20. The molecule has 0 saturated carbocycles. The first-order chi connectivity index (χ1) is 9.73. The van der Waals surface area contributed by atoms with Crippen LogP contribution in [0.5, 0.6) is 0 Å². The Hall–Kier alpha value is 0.0700. The molecular formula is C17H24OS3. The van der Waals surface area contributed by atoms with Crippen molar-refractivity contribution < 1.29 is 4.21 Å². The molecule has 0 N–H and O–H groups in total. The second-order valence-corrected chi connectivity index (χ2v) is 13.0. The molecule has 116 valence electrons. The zero-order chi connectivity index (χ0) is 15.5. The normalized spacial score (nSPS) is 39.6. The van der Waals surface area contributed by atoms with E-state index >= 15 is 0 Å². The molecule has 0 radical (unpaired) electrons. The fourth-order valence-electron chi connectivity index (χ4n) is 4.21. The van der Waals surface area contributed by atoms with Crippen molar-refractivity contribution >= 4 is 34.3 Å². The summed E-state index contributed by atoms with van der Waals surface area (Å²) in [6, 6.07) is 10.5. The van der Waals surface area contributed by atoms with E-state index in [2.05, 4.69) is 58.9 Å². The molecule has 1 nitrogen and oxygen atoms in total. The summed E-state index contributed by atoms with van der Waals surface area (Å²) in [5.74, 6) is 1.02. The molecule has 3 unspecified atom stereocenters. The van der Waals surface area contributed by atoms with Crippen LogP contribution >= 0.6 is 23.5 Å². The van der Waals surface area contributed by atoms with Gasteiger partial charge in [0.05, 0.1) is 10.8 Å². The van der Waals surface area contributed by atoms with Crippen LogP contribution in [0.1, 0.15) is 46.6 Å². The summed E-state index contributed by atoms with van der Waals surface area (Å²) in [5.41, 5.74) is 1.35. The summed E-state index contributed by atoms with van der Waals surface area (Å²) < 4.78 is 13.2. The first-order valence-corrected chi connectivity index (χ1v) is 10.5. The molecule has 3 saturated heterocycles. The van der Waals surface area contributed by atoms with E-state index in [4.69, 9.17) is 0 Å². The Morgan fingerprint density at radius 3 is 2.29 bits per heavy atom. The highest BCUT2D eigenvalue weighted by molar-refractivity contribution is 8.40. The van der Waals surface area contributed by atoms with E-state index in [0.717, 1.165) is 12.2 Å². The Balaban J connectivity index is 2.15. The largest absolute Gasteiger partial charge is 0.255 e. The first kappa shape index (κ1) is 15.9. The molecule has 0 amide bonds. The number of thioether (sulfide) groups is 2. The summed E-state index contributed by atoms with van der Waals surface area (Å²) in [5, 5.41) is 0. The maximum atomic E-state index is 13.6. The van der Waals surface area contributed by atoms with Crippen molar-refractivity contribution in [1.29, 1.82) is 0 Å². The molecular weight excluding hydrogens is 316 g/mol. The van der Waals surface area contributed by atoms with E-state index in [1.54, 1.807) is 0 Å². The summed E-state index contributed by atoms with van der Waals surface area (Å²) >= 11 is 3.86. The van der Waals surface area contributed by atoms with Crippen LogP contribution in [0.2, 0.25) is 0 Å². The van der Waals surface area contributed by atoms with Crippen molar-refractivity contribution in [1.82, 2.24) is 0 Å². The fourth-order valence-corrected chi connectivity index (χ4v) is 12.2. The van der Waals surface area contributed by atoms with Crippen LogP contribution in [-0.2, 0) is 14.9 Å². The van der Waals surface area contributed by atoms with Crippen molar-refractivity contribution in [3.05, 3.63) is 35.9 Å². The molecule has 0 spiro atoms. The summed E-state index contributed by atoms with van der Waals surface area (Å²) in [6.07, 6.45) is 1.11. The van der Waals surface area contributed by atoms with Crippen LogP contribution in [0.3, 0.4) is 0 Å². The molecule has 4 rings (SSSR count). The van der Waals surface area contributed by atoms with Gasteiger partial charge in [-0.15, -0.1) is 23.5 Å². The van der Waals surface area contributed by atoms with E-state index < -0.39 is 10.8 Å². The van der Waals surface area contributed by atoms with Gasteiger partial charge >= 0.3 is 0 Å². The van der Waals surface area contributed by atoms with E-state index in [-0.39, 0.29) is 18.3 Å². The van der Waals surface area contributed by atoms with Crippen molar-refractivity contribution in [2.24, 2.45) is 10.8 Å². The highest BCUT2D eigenvalue weighted by Gasteiger charge is 2.78. The molecule has 3 atom stereocenters. The first-order valence-electron chi connectivity index (χ1n) is 7.55. The maximum absolute atomic E-state index is 13.6. The molecule has 1 aromatic carbocycles. The van der Waals surface area contributed by atoms with Gasteiger partial charge in [-0.25, -0.2) is 0 Å². The lowest BCUT2D eigenvalue weighted by molar-refractivity contribution is 0.143. The molecule has 2 bridgehead atoms. The van der Waals surface area contributed by atoms with Crippen molar-refractivity contribution in [2.75, 3.05) is 5.75 Å². The van der Waals surface area contributed by atoms with Crippen LogP contribution in [0.4, 0.5) is 0 Å². The van der Waals surface area contributed by atoms with Gasteiger partial charge in [0.25, 0.3) is 0 Å². The van der Waals surface area contributed by atoms with Crippen molar-refractivity contribution in [2.45, 2.75) is 48.5 Å². The molecule has 3 aliphatic heterocycles. The highest BCUT2D eigenvalue weighted by Crippen LogP contribution is 2.82. The van der Waals surface area contributed by atoms with E-state index in [9.17, 15) is 4.21 Å². The van der Waals surface area contributed by atoms with Gasteiger partial charge in [0.1, 0.15) is 7.49 Å². The lowest BCUT2D eigenvalue weighted by Gasteiger charge is -2.71. The zero-order valence-electron chi connectivity index (χ0n) is 13.4. The van der Waals surface area contributed by atoms with Gasteiger partial charge < -0.3 is 0 Å². The van der Waals surface area contributed by atoms with Crippen LogP contribution in [-0.4, -0.2) is 13.4 Å². The van der Waals surface area contributed by atoms with Gasteiger partial charge in [-0.2, -0.15) is 0 Å². The lowest BCUT2D eigenvalue weighted by Crippen LogP contribution is -2.70. The predicted molar refractivity (Wildman–Crippen MR) is 96.9 cm³/mol. The summed E-state index contributed by atoms with van der Waals surface area (Å²) in [4.78, 5) is 0. The summed E-state index contributed by atoms with van der Waals surface area (Å²) in [6.45, 7) is 11.4. The summed E-state index contributed by atoms with van der Waals surface area (Å²) in [7, 11) is -0.869. The Kier molecular flexibility index (Phi) is 3.63. The number of hydrogen-bond acceptors (Lipinski definition) is 3. The number of rotatable bonds is 3. The topological polar surface area (TPSA) is 17.1 Å². The molecule has 3 aliphatic rings. The van der Waals surface area contributed by atoms with Gasteiger partial charge in [-0.1, -0.05) is 65.0 Å². The third-order valence-corrected chi connectivity index (χ3v) is 13.2. The minimum absolute atomic E-state index is 0.0312. The standard InChI is InChI=1S/C17H24OS3/c1-6-19-17-15(4,5)12-14(2,3)16(20-17,21(17)18)13-10-8-7-9-11-13/h7-11H,6,12H2,1-5H3. The van der Waals surface area contributed by atoms with Gasteiger partial charge in [-0.05, 0) is 23.2 Å². The SMILES string of the molecule is CCSC12SC(c3ccccc3)(S1=O)C(C)(C)CC2(C)C. The number of fused-ring (bicyclic) bond motifs is 2. The van der Waals surface area contributed by atoms with E-state index in [1.807, 2.05) is 29.6 Å². The van der Waals surface area contributed by atoms with Crippen LogP contribution in [0, 0.1) is 10.8 Å². The van der Waals surface area contributed by atoms with E-state index in [1.165, 1.54) is 5.56 Å². The molecule has 0 aliphatic carbocycles. The monoisotopic (exact) mass is 340 g/mol. The van der Waals surface area contributed by atoms with Crippen LogP contribution in [0.25, 0.3) is 0 Å².